The van der Waals surface area contributed by atoms with Crippen molar-refractivity contribution < 1.29 is 28.7 Å². The molecular formula is C21H12N2O7S. The second-order valence-electron chi connectivity index (χ2n) is 6.77. The number of aromatic nitrogens is 1. The third-order valence-corrected chi connectivity index (χ3v) is 5.84. The predicted molar refractivity (Wildman–Crippen MR) is 109 cm³/mol. The van der Waals surface area contributed by atoms with E-state index in [4.69, 9.17) is 9.25 Å². The van der Waals surface area contributed by atoms with Crippen LogP contribution in [0.25, 0.3) is 31.8 Å². The summed E-state index contributed by atoms with van der Waals surface area (Å²) in [5, 5.41) is 10.5. The molecule has 154 valence electrons. The molecule has 31 heavy (non-hydrogen) atoms. The van der Waals surface area contributed by atoms with Crippen LogP contribution in [0.2, 0.25) is 0 Å². The van der Waals surface area contributed by atoms with E-state index in [1.165, 1.54) is 29.5 Å². The van der Waals surface area contributed by atoms with Crippen molar-refractivity contribution in [1.82, 2.24) is 10.0 Å². The van der Waals surface area contributed by atoms with Gasteiger partial charge in [-0.1, -0.05) is 12.1 Å². The van der Waals surface area contributed by atoms with Gasteiger partial charge in [0.05, 0.1) is 15.8 Å². The van der Waals surface area contributed by atoms with Crippen LogP contribution in [0.4, 0.5) is 0 Å². The third-order valence-electron chi connectivity index (χ3n) is 4.78. The third kappa shape index (κ3) is 3.13. The number of phenols is 1. The standard InChI is InChI=1S/C21H12N2O7S/c24-10-5-6-11-13(9-10)29-20(27)18(19-22-12-3-1-2-4-14(12)31-19)17(11)21(28)30-23-15(25)7-8-16(23)26/h1-6,9,24H,7-8H2. The van der Waals surface area contributed by atoms with Crippen molar-refractivity contribution in [3.05, 3.63) is 58.4 Å². The first-order valence-corrected chi connectivity index (χ1v) is 9.98. The summed E-state index contributed by atoms with van der Waals surface area (Å²) < 4.78 is 6.11. The quantitative estimate of drug-likeness (QED) is 0.384. The Morgan fingerprint density at radius 1 is 1.10 bits per heavy atom. The smallest absolute Gasteiger partial charge is 0.365 e. The number of fused-ring (bicyclic) bond motifs is 2. The van der Waals surface area contributed by atoms with Gasteiger partial charge in [-0.05, 0) is 24.3 Å². The normalized spacial score (nSPS) is 14.0. The summed E-state index contributed by atoms with van der Waals surface area (Å²) in [7, 11) is 0. The number of aromatic hydroxyl groups is 1. The molecule has 1 aliphatic rings. The van der Waals surface area contributed by atoms with Crippen molar-refractivity contribution in [1.29, 1.82) is 0 Å². The van der Waals surface area contributed by atoms with E-state index in [-0.39, 0.29) is 45.7 Å². The van der Waals surface area contributed by atoms with E-state index in [1.807, 2.05) is 12.1 Å². The molecule has 2 aromatic carbocycles. The van der Waals surface area contributed by atoms with E-state index in [1.54, 1.807) is 12.1 Å². The first-order chi connectivity index (χ1) is 14.9. The van der Waals surface area contributed by atoms with Gasteiger partial charge in [-0.2, -0.15) is 0 Å². The number of rotatable bonds is 3. The number of hydroxylamine groups is 2. The Kier molecular flexibility index (Phi) is 4.29. The summed E-state index contributed by atoms with van der Waals surface area (Å²) in [5.41, 5.74) is -0.665. The van der Waals surface area contributed by atoms with Crippen LogP contribution in [-0.2, 0) is 14.4 Å². The van der Waals surface area contributed by atoms with Crippen LogP contribution in [-0.4, -0.2) is 32.9 Å². The molecule has 1 aliphatic heterocycles. The number of carbonyl (C=O) groups is 3. The van der Waals surface area contributed by atoms with Gasteiger partial charge in [0.1, 0.15) is 21.9 Å². The number of benzene rings is 2. The van der Waals surface area contributed by atoms with Gasteiger partial charge in [-0.3, -0.25) is 9.59 Å². The molecule has 0 aliphatic carbocycles. The molecular weight excluding hydrogens is 424 g/mol. The molecule has 4 aromatic rings. The Morgan fingerprint density at radius 3 is 2.58 bits per heavy atom. The van der Waals surface area contributed by atoms with E-state index in [0.29, 0.717) is 10.6 Å². The van der Waals surface area contributed by atoms with Crippen LogP contribution in [0, 0.1) is 0 Å². The van der Waals surface area contributed by atoms with Crippen LogP contribution in [0.1, 0.15) is 23.2 Å². The van der Waals surface area contributed by atoms with Crippen molar-refractivity contribution in [2.45, 2.75) is 12.8 Å². The fraction of sp³-hybridized carbons (Fsp3) is 0.0952. The topological polar surface area (TPSA) is 127 Å². The zero-order valence-corrected chi connectivity index (χ0v) is 16.5. The van der Waals surface area contributed by atoms with Gasteiger partial charge in [0.15, 0.2) is 0 Å². The lowest BCUT2D eigenvalue weighted by molar-refractivity contribution is -0.172. The number of hydrogen-bond donors (Lipinski definition) is 1. The van der Waals surface area contributed by atoms with Crippen LogP contribution in [0.5, 0.6) is 5.75 Å². The average molecular weight is 436 g/mol. The number of thiazole rings is 1. The van der Waals surface area contributed by atoms with Crippen LogP contribution in [0.3, 0.4) is 0 Å². The van der Waals surface area contributed by atoms with Crippen molar-refractivity contribution in [3.8, 4) is 16.3 Å². The molecule has 1 fully saturated rings. The summed E-state index contributed by atoms with van der Waals surface area (Å²) in [6, 6.07) is 11.1. The molecule has 2 amide bonds. The lowest BCUT2D eigenvalue weighted by Crippen LogP contribution is -2.32. The number of imide groups is 1. The van der Waals surface area contributed by atoms with Gasteiger partial charge in [0, 0.05) is 24.3 Å². The van der Waals surface area contributed by atoms with Crippen LogP contribution in [0.15, 0.2) is 51.7 Å². The summed E-state index contributed by atoms with van der Waals surface area (Å²) in [4.78, 5) is 59.3. The molecule has 2 aromatic heterocycles. The molecule has 0 atom stereocenters. The maximum Gasteiger partial charge on any atom is 0.365 e. The van der Waals surface area contributed by atoms with E-state index in [2.05, 4.69) is 4.98 Å². The molecule has 0 unspecified atom stereocenters. The Labute approximate surface area is 177 Å². The lowest BCUT2D eigenvalue weighted by atomic mass is 10.0. The van der Waals surface area contributed by atoms with E-state index in [9.17, 15) is 24.3 Å². The molecule has 0 radical (unpaired) electrons. The molecule has 0 bridgehead atoms. The average Bonchev–Trinajstić information content (AvgIpc) is 3.30. The van der Waals surface area contributed by atoms with Gasteiger partial charge in [-0.15, -0.1) is 16.4 Å². The second kappa shape index (κ2) is 7.03. The number of para-hydroxylation sites is 1. The molecule has 1 saturated heterocycles. The number of carbonyl (C=O) groups excluding carboxylic acids is 3. The molecule has 1 N–H and O–H groups in total. The van der Waals surface area contributed by atoms with Gasteiger partial charge < -0.3 is 14.4 Å². The van der Waals surface area contributed by atoms with E-state index >= 15 is 0 Å². The monoisotopic (exact) mass is 436 g/mol. The fourth-order valence-electron chi connectivity index (χ4n) is 3.36. The number of hydrogen-bond acceptors (Lipinski definition) is 9. The molecule has 9 nitrogen and oxygen atoms in total. The summed E-state index contributed by atoms with van der Waals surface area (Å²) in [6.07, 6.45) is -0.134. The largest absolute Gasteiger partial charge is 0.508 e. The highest BCUT2D eigenvalue weighted by atomic mass is 32.1. The maximum absolute atomic E-state index is 13.1. The minimum Gasteiger partial charge on any atom is -0.508 e. The molecule has 10 heteroatoms. The van der Waals surface area contributed by atoms with Crippen molar-refractivity contribution in [2.75, 3.05) is 0 Å². The Bertz CT molecular complexity index is 1420. The molecule has 3 heterocycles. The first-order valence-electron chi connectivity index (χ1n) is 9.16. The highest BCUT2D eigenvalue weighted by molar-refractivity contribution is 7.21. The van der Waals surface area contributed by atoms with Gasteiger partial charge in [0.25, 0.3) is 11.8 Å². The van der Waals surface area contributed by atoms with Crippen LogP contribution >= 0.6 is 11.3 Å². The second-order valence-corrected chi connectivity index (χ2v) is 7.80. The fourth-order valence-corrected chi connectivity index (χ4v) is 4.37. The van der Waals surface area contributed by atoms with E-state index in [0.717, 1.165) is 4.70 Å². The Hall–Kier alpha value is -4.05. The van der Waals surface area contributed by atoms with Crippen molar-refractivity contribution >= 4 is 50.3 Å². The predicted octanol–water partition coefficient (Wildman–Crippen LogP) is 3.00. The summed E-state index contributed by atoms with van der Waals surface area (Å²) in [6.45, 7) is 0. The number of nitrogens with zero attached hydrogens (tertiary/aromatic N) is 2. The van der Waals surface area contributed by atoms with Crippen molar-refractivity contribution in [2.24, 2.45) is 0 Å². The van der Waals surface area contributed by atoms with Crippen molar-refractivity contribution in [3.63, 3.8) is 0 Å². The first kappa shape index (κ1) is 18.9. The van der Waals surface area contributed by atoms with Gasteiger partial charge in [0.2, 0.25) is 0 Å². The minimum atomic E-state index is -1.08. The number of phenolic OH excluding ortho intramolecular Hbond substituents is 1. The molecule has 0 spiro atoms. The van der Waals surface area contributed by atoms with Crippen LogP contribution < -0.4 is 5.63 Å². The maximum atomic E-state index is 13.1. The zero-order chi connectivity index (χ0) is 21.7. The number of amides is 2. The Morgan fingerprint density at radius 2 is 1.84 bits per heavy atom. The van der Waals surface area contributed by atoms with E-state index < -0.39 is 23.4 Å². The lowest BCUT2D eigenvalue weighted by Gasteiger charge is -2.14. The highest BCUT2D eigenvalue weighted by Crippen LogP contribution is 2.34. The molecule has 0 saturated carbocycles. The molecule has 5 rings (SSSR count). The van der Waals surface area contributed by atoms with Gasteiger partial charge in [-0.25, -0.2) is 14.6 Å². The zero-order valence-electron chi connectivity index (χ0n) is 15.7. The van der Waals surface area contributed by atoms with Gasteiger partial charge >= 0.3 is 11.6 Å². The Balaban J connectivity index is 1.74. The summed E-state index contributed by atoms with van der Waals surface area (Å²) >= 11 is 1.18. The SMILES string of the molecule is O=C(ON1C(=O)CCC1=O)c1c(-c2nc3ccccc3s2)c(=O)oc2cc(O)ccc12. The highest BCUT2D eigenvalue weighted by Gasteiger charge is 2.35. The minimum absolute atomic E-state index is 0.0547. The summed E-state index contributed by atoms with van der Waals surface area (Å²) in [5.74, 6) is -2.55.